The maximum atomic E-state index is 9.14. The summed E-state index contributed by atoms with van der Waals surface area (Å²) in [4.78, 5) is 9.94. The maximum absolute atomic E-state index is 9.14. The van der Waals surface area contributed by atoms with Gasteiger partial charge in [-0.25, -0.2) is 9.97 Å². The van der Waals surface area contributed by atoms with E-state index in [2.05, 4.69) is 20.9 Å². The molecule has 1 aliphatic rings. The first-order chi connectivity index (χ1) is 7.42. The minimum Gasteiger partial charge on any atom is -0.379 e. The van der Waals surface area contributed by atoms with Crippen LogP contribution in [0.5, 0.6) is 0 Å². The van der Waals surface area contributed by atoms with Crippen molar-refractivity contribution in [3.63, 3.8) is 0 Å². The van der Waals surface area contributed by atoms with Gasteiger partial charge in [0.1, 0.15) is 12.4 Å². The molecule has 0 radical (unpaired) electrons. The van der Waals surface area contributed by atoms with E-state index in [1.807, 2.05) is 0 Å². The Bertz CT molecular complexity index is 342. The molecule has 5 nitrogen and oxygen atoms in total. The molecule has 0 aromatic carbocycles. The molecule has 1 saturated heterocycles. The van der Waals surface area contributed by atoms with Crippen LogP contribution in [0.1, 0.15) is 11.6 Å². The number of hydrogen-bond acceptors (Lipinski definition) is 5. The number of rotatable bonds is 2. The highest BCUT2D eigenvalue weighted by molar-refractivity contribution is 5.17. The van der Waals surface area contributed by atoms with Crippen LogP contribution in [-0.4, -0.2) is 41.2 Å². The highest BCUT2D eigenvalue weighted by Crippen LogP contribution is 2.18. The lowest BCUT2D eigenvalue weighted by Gasteiger charge is -2.30. The van der Waals surface area contributed by atoms with E-state index in [-0.39, 0.29) is 6.04 Å². The second-order valence-corrected chi connectivity index (χ2v) is 3.35. The smallest absolute Gasteiger partial charge is 0.127 e. The minimum atomic E-state index is -0.255. The molecule has 0 aliphatic carbocycles. The van der Waals surface area contributed by atoms with Gasteiger partial charge in [-0.3, -0.25) is 4.90 Å². The molecule has 78 valence electrons. The van der Waals surface area contributed by atoms with E-state index < -0.39 is 0 Å². The quantitative estimate of drug-likeness (QED) is 0.696. The summed E-state index contributed by atoms with van der Waals surface area (Å²) in [6.07, 6.45) is 4.85. The zero-order valence-electron chi connectivity index (χ0n) is 8.33. The van der Waals surface area contributed by atoms with Gasteiger partial charge < -0.3 is 4.74 Å². The second kappa shape index (κ2) is 4.82. The molecular formula is C10H12N4O. The average Bonchev–Trinajstić information content (AvgIpc) is 2.33. The molecule has 2 heterocycles. The first-order valence-electron chi connectivity index (χ1n) is 4.88. The monoisotopic (exact) mass is 204 g/mol. The fraction of sp³-hybridized carbons (Fsp3) is 0.500. The van der Waals surface area contributed by atoms with Gasteiger partial charge >= 0.3 is 0 Å². The summed E-state index contributed by atoms with van der Waals surface area (Å²) in [7, 11) is 0. The van der Waals surface area contributed by atoms with Gasteiger partial charge in [0.25, 0.3) is 0 Å². The fourth-order valence-corrected chi connectivity index (χ4v) is 1.65. The SMILES string of the molecule is N#C[C@@H](c1cncnc1)N1CCOCC1. The predicted molar refractivity (Wildman–Crippen MR) is 52.8 cm³/mol. The van der Waals surface area contributed by atoms with Crippen molar-refractivity contribution in [3.05, 3.63) is 24.3 Å². The van der Waals surface area contributed by atoms with Crippen molar-refractivity contribution < 1.29 is 4.74 Å². The standard InChI is InChI=1S/C10H12N4O/c11-5-10(9-6-12-8-13-7-9)14-1-3-15-4-2-14/h6-8,10H,1-4H2/t10-/m0/s1. The van der Waals surface area contributed by atoms with Crippen molar-refractivity contribution >= 4 is 0 Å². The third-order valence-corrected chi connectivity index (χ3v) is 2.43. The van der Waals surface area contributed by atoms with E-state index in [0.29, 0.717) is 13.2 Å². The Kier molecular flexibility index (Phi) is 3.22. The summed E-state index contributed by atoms with van der Waals surface area (Å²) in [5.74, 6) is 0. The molecule has 0 saturated carbocycles. The van der Waals surface area contributed by atoms with E-state index in [9.17, 15) is 0 Å². The number of morpholine rings is 1. The van der Waals surface area contributed by atoms with Crippen LogP contribution in [-0.2, 0) is 4.74 Å². The van der Waals surface area contributed by atoms with Crippen LogP contribution in [0, 0.1) is 11.3 Å². The van der Waals surface area contributed by atoms with Gasteiger partial charge in [-0.05, 0) is 0 Å². The zero-order valence-corrected chi connectivity index (χ0v) is 8.33. The number of ether oxygens (including phenoxy) is 1. The summed E-state index contributed by atoms with van der Waals surface area (Å²) < 4.78 is 5.25. The molecule has 15 heavy (non-hydrogen) atoms. The molecule has 5 heteroatoms. The maximum Gasteiger partial charge on any atom is 0.127 e. The second-order valence-electron chi connectivity index (χ2n) is 3.35. The van der Waals surface area contributed by atoms with Gasteiger partial charge in [0, 0.05) is 31.0 Å². The Morgan fingerprint density at radius 1 is 1.33 bits per heavy atom. The first kappa shape index (κ1) is 10.0. The largest absolute Gasteiger partial charge is 0.379 e. The lowest BCUT2D eigenvalue weighted by Crippen LogP contribution is -2.38. The van der Waals surface area contributed by atoms with Gasteiger partial charge in [-0.2, -0.15) is 5.26 Å². The predicted octanol–water partition coefficient (Wildman–Crippen LogP) is 0.373. The molecule has 2 rings (SSSR count). The van der Waals surface area contributed by atoms with Gasteiger partial charge in [0.2, 0.25) is 0 Å². The van der Waals surface area contributed by atoms with E-state index in [0.717, 1.165) is 18.7 Å². The van der Waals surface area contributed by atoms with Crippen molar-refractivity contribution in [2.75, 3.05) is 26.3 Å². The van der Waals surface area contributed by atoms with Crippen molar-refractivity contribution in [1.82, 2.24) is 14.9 Å². The third kappa shape index (κ3) is 2.29. The molecule has 0 amide bonds. The molecule has 0 bridgehead atoms. The van der Waals surface area contributed by atoms with Gasteiger partial charge in [0.05, 0.1) is 19.3 Å². The summed E-state index contributed by atoms with van der Waals surface area (Å²) in [6.45, 7) is 2.94. The normalized spacial score (nSPS) is 19.4. The van der Waals surface area contributed by atoms with Gasteiger partial charge in [-0.1, -0.05) is 0 Å². The molecule has 0 spiro atoms. The summed E-state index contributed by atoms with van der Waals surface area (Å²) in [5, 5.41) is 9.14. The lowest BCUT2D eigenvalue weighted by atomic mass is 10.1. The highest BCUT2D eigenvalue weighted by atomic mass is 16.5. The molecule has 0 N–H and O–H groups in total. The van der Waals surface area contributed by atoms with Gasteiger partial charge in [-0.15, -0.1) is 0 Å². The molecule has 1 aliphatic heterocycles. The van der Waals surface area contributed by atoms with Crippen LogP contribution >= 0.6 is 0 Å². The van der Waals surface area contributed by atoms with E-state index >= 15 is 0 Å². The van der Waals surface area contributed by atoms with Crippen LogP contribution in [0.3, 0.4) is 0 Å². The topological polar surface area (TPSA) is 62.0 Å². The molecule has 1 aromatic heterocycles. The molecule has 1 fully saturated rings. The average molecular weight is 204 g/mol. The van der Waals surface area contributed by atoms with Crippen LogP contribution in [0.15, 0.2) is 18.7 Å². The zero-order chi connectivity index (χ0) is 10.5. The molecule has 1 atom stereocenters. The number of hydrogen-bond donors (Lipinski definition) is 0. The fourth-order valence-electron chi connectivity index (χ4n) is 1.65. The van der Waals surface area contributed by atoms with E-state index in [1.54, 1.807) is 12.4 Å². The molecule has 1 aromatic rings. The number of nitrogens with zero attached hydrogens (tertiary/aromatic N) is 4. The van der Waals surface area contributed by atoms with Crippen molar-refractivity contribution in [1.29, 1.82) is 5.26 Å². The van der Waals surface area contributed by atoms with E-state index in [4.69, 9.17) is 10.00 Å². The lowest BCUT2D eigenvalue weighted by molar-refractivity contribution is 0.0265. The summed E-state index contributed by atoms with van der Waals surface area (Å²) in [6, 6.07) is 2.02. The molecular weight excluding hydrogens is 192 g/mol. The Morgan fingerprint density at radius 3 is 2.60 bits per heavy atom. The van der Waals surface area contributed by atoms with Gasteiger partial charge in [0.15, 0.2) is 0 Å². The Labute approximate surface area is 88.3 Å². The van der Waals surface area contributed by atoms with Crippen LogP contribution in [0.2, 0.25) is 0 Å². The van der Waals surface area contributed by atoms with Crippen LogP contribution in [0.4, 0.5) is 0 Å². The number of aromatic nitrogens is 2. The molecule has 0 unspecified atom stereocenters. The van der Waals surface area contributed by atoms with Crippen LogP contribution in [0.25, 0.3) is 0 Å². The number of nitriles is 1. The van der Waals surface area contributed by atoms with Crippen molar-refractivity contribution in [2.45, 2.75) is 6.04 Å². The summed E-state index contributed by atoms with van der Waals surface area (Å²) in [5.41, 5.74) is 0.849. The van der Waals surface area contributed by atoms with E-state index in [1.165, 1.54) is 6.33 Å². The third-order valence-electron chi connectivity index (χ3n) is 2.43. The first-order valence-corrected chi connectivity index (χ1v) is 4.88. The summed E-state index contributed by atoms with van der Waals surface area (Å²) >= 11 is 0. The highest BCUT2D eigenvalue weighted by Gasteiger charge is 2.22. The Hall–Kier alpha value is -1.51. The van der Waals surface area contributed by atoms with Crippen molar-refractivity contribution in [3.8, 4) is 6.07 Å². The van der Waals surface area contributed by atoms with Crippen molar-refractivity contribution in [2.24, 2.45) is 0 Å². The Balaban J connectivity index is 2.14. The minimum absolute atomic E-state index is 0.255. The Morgan fingerprint density at radius 2 is 2.00 bits per heavy atom. The van der Waals surface area contributed by atoms with Crippen LogP contribution < -0.4 is 0 Å².